The molecule has 2 heterocycles. The molecule has 1 fully saturated rings. The highest BCUT2D eigenvalue weighted by Crippen LogP contribution is 2.23. The van der Waals surface area contributed by atoms with Gasteiger partial charge in [-0.15, -0.1) is 11.3 Å². The van der Waals surface area contributed by atoms with Crippen molar-refractivity contribution in [1.29, 1.82) is 0 Å². The summed E-state index contributed by atoms with van der Waals surface area (Å²) >= 11 is 1.93. The van der Waals surface area contributed by atoms with Gasteiger partial charge in [0, 0.05) is 36.0 Å². The molecular formula is C16H28N2OS. The maximum atomic E-state index is 5.76. The van der Waals surface area contributed by atoms with E-state index in [1.165, 1.54) is 28.2 Å². The molecule has 0 bridgehead atoms. The summed E-state index contributed by atoms with van der Waals surface area (Å²) in [5, 5.41) is 3.41. The number of nitrogens with one attached hydrogen (secondary N) is 1. The molecule has 0 aliphatic carbocycles. The van der Waals surface area contributed by atoms with Crippen LogP contribution in [-0.4, -0.2) is 37.2 Å². The predicted octanol–water partition coefficient (Wildman–Crippen LogP) is 3.17. The van der Waals surface area contributed by atoms with Gasteiger partial charge in [-0.05, 0) is 44.5 Å². The second kappa shape index (κ2) is 8.13. The number of ether oxygens (including phenoxy) is 1. The van der Waals surface area contributed by atoms with E-state index in [0.29, 0.717) is 6.10 Å². The largest absolute Gasteiger partial charge is 0.377 e. The predicted molar refractivity (Wildman–Crippen MR) is 86.4 cm³/mol. The van der Waals surface area contributed by atoms with E-state index in [1.54, 1.807) is 0 Å². The SMILES string of the molecule is CCNCc1cc(CN(CC)CC2CCCO2)c(C)s1. The van der Waals surface area contributed by atoms with Gasteiger partial charge in [0.15, 0.2) is 0 Å². The monoisotopic (exact) mass is 296 g/mol. The van der Waals surface area contributed by atoms with Gasteiger partial charge in [-0.1, -0.05) is 13.8 Å². The molecule has 1 aliphatic rings. The molecular weight excluding hydrogens is 268 g/mol. The molecule has 1 saturated heterocycles. The zero-order valence-electron chi connectivity index (χ0n) is 13.1. The molecule has 1 N–H and O–H groups in total. The third-order valence-corrected chi connectivity index (χ3v) is 5.04. The first-order valence-corrected chi connectivity index (χ1v) is 8.67. The van der Waals surface area contributed by atoms with Gasteiger partial charge in [-0.3, -0.25) is 4.90 Å². The number of aryl methyl sites for hydroxylation is 1. The first-order chi connectivity index (χ1) is 9.72. The van der Waals surface area contributed by atoms with Crippen LogP contribution in [0.25, 0.3) is 0 Å². The van der Waals surface area contributed by atoms with Crippen LogP contribution in [0.4, 0.5) is 0 Å². The fourth-order valence-corrected chi connectivity index (χ4v) is 3.73. The van der Waals surface area contributed by atoms with Gasteiger partial charge >= 0.3 is 0 Å². The van der Waals surface area contributed by atoms with Crippen molar-refractivity contribution in [2.24, 2.45) is 0 Å². The van der Waals surface area contributed by atoms with E-state index in [1.807, 2.05) is 11.3 Å². The summed E-state index contributed by atoms with van der Waals surface area (Å²) < 4.78 is 5.76. The molecule has 0 radical (unpaired) electrons. The molecule has 0 spiro atoms. The van der Waals surface area contributed by atoms with Crippen LogP contribution in [0.5, 0.6) is 0 Å². The van der Waals surface area contributed by atoms with E-state index >= 15 is 0 Å². The minimum Gasteiger partial charge on any atom is -0.377 e. The summed E-state index contributed by atoms with van der Waals surface area (Å²) in [5.74, 6) is 0. The summed E-state index contributed by atoms with van der Waals surface area (Å²) in [7, 11) is 0. The fraction of sp³-hybridized carbons (Fsp3) is 0.750. The van der Waals surface area contributed by atoms with Crippen molar-refractivity contribution in [2.45, 2.75) is 52.8 Å². The lowest BCUT2D eigenvalue weighted by molar-refractivity contribution is 0.0725. The smallest absolute Gasteiger partial charge is 0.0702 e. The Balaban J connectivity index is 1.90. The summed E-state index contributed by atoms with van der Waals surface area (Å²) in [6.45, 7) is 12.9. The first-order valence-electron chi connectivity index (χ1n) is 7.85. The van der Waals surface area contributed by atoms with Gasteiger partial charge in [-0.2, -0.15) is 0 Å². The zero-order valence-corrected chi connectivity index (χ0v) is 13.9. The molecule has 0 saturated carbocycles. The number of nitrogens with zero attached hydrogens (tertiary/aromatic N) is 1. The molecule has 1 atom stereocenters. The molecule has 2 rings (SSSR count). The van der Waals surface area contributed by atoms with Crippen molar-refractivity contribution in [2.75, 3.05) is 26.2 Å². The lowest BCUT2D eigenvalue weighted by Gasteiger charge is -2.23. The molecule has 1 aromatic rings. The van der Waals surface area contributed by atoms with Crippen LogP contribution in [0, 0.1) is 6.92 Å². The van der Waals surface area contributed by atoms with Gasteiger partial charge in [0.1, 0.15) is 0 Å². The van der Waals surface area contributed by atoms with E-state index in [9.17, 15) is 0 Å². The average Bonchev–Trinajstić information content (AvgIpc) is 3.06. The number of hydrogen-bond donors (Lipinski definition) is 1. The van der Waals surface area contributed by atoms with Gasteiger partial charge in [0.05, 0.1) is 6.10 Å². The number of thiophene rings is 1. The summed E-state index contributed by atoms with van der Waals surface area (Å²) in [5.41, 5.74) is 1.49. The average molecular weight is 296 g/mol. The van der Waals surface area contributed by atoms with Crippen LogP contribution in [0.15, 0.2) is 6.07 Å². The number of likely N-dealkylation sites (N-methyl/N-ethyl adjacent to an activating group) is 1. The Morgan fingerprint density at radius 1 is 1.45 bits per heavy atom. The zero-order chi connectivity index (χ0) is 14.4. The molecule has 1 unspecified atom stereocenters. The Labute approximate surface area is 127 Å². The maximum absolute atomic E-state index is 5.76. The quantitative estimate of drug-likeness (QED) is 0.797. The second-order valence-corrected chi connectivity index (χ2v) is 6.88. The summed E-state index contributed by atoms with van der Waals surface area (Å²) in [4.78, 5) is 5.43. The van der Waals surface area contributed by atoms with E-state index < -0.39 is 0 Å². The minimum absolute atomic E-state index is 0.454. The molecule has 3 nitrogen and oxygen atoms in total. The molecule has 4 heteroatoms. The van der Waals surface area contributed by atoms with Crippen LogP contribution in [-0.2, 0) is 17.8 Å². The lowest BCUT2D eigenvalue weighted by atomic mass is 10.2. The third-order valence-electron chi connectivity index (χ3n) is 3.95. The molecule has 114 valence electrons. The van der Waals surface area contributed by atoms with Crippen LogP contribution in [0.2, 0.25) is 0 Å². The Morgan fingerprint density at radius 3 is 2.95 bits per heavy atom. The van der Waals surface area contributed by atoms with Gasteiger partial charge in [0.25, 0.3) is 0 Å². The van der Waals surface area contributed by atoms with Crippen LogP contribution < -0.4 is 5.32 Å². The number of hydrogen-bond acceptors (Lipinski definition) is 4. The summed E-state index contributed by atoms with van der Waals surface area (Å²) in [6, 6.07) is 2.38. The van der Waals surface area contributed by atoms with Crippen LogP contribution >= 0.6 is 11.3 Å². The molecule has 1 aromatic heterocycles. The first kappa shape index (κ1) is 16.0. The molecule has 1 aliphatic heterocycles. The number of rotatable bonds is 8. The highest BCUT2D eigenvalue weighted by molar-refractivity contribution is 7.12. The fourth-order valence-electron chi connectivity index (χ4n) is 2.70. The topological polar surface area (TPSA) is 24.5 Å². The maximum Gasteiger partial charge on any atom is 0.0702 e. The van der Waals surface area contributed by atoms with Crippen LogP contribution in [0.1, 0.15) is 42.0 Å². The Kier molecular flexibility index (Phi) is 6.49. The second-order valence-electron chi connectivity index (χ2n) is 5.54. The van der Waals surface area contributed by atoms with Crippen molar-refractivity contribution in [3.05, 3.63) is 21.4 Å². The Bertz CT molecular complexity index is 399. The van der Waals surface area contributed by atoms with Crippen molar-refractivity contribution in [1.82, 2.24) is 10.2 Å². The van der Waals surface area contributed by atoms with E-state index in [0.717, 1.165) is 39.3 Å². The highest BCUT2D eigenvalue weighted by atomic mass is 32.1. The normalized spacial score (nSPS) is 19.1. The van der Waals surface area contributed by atoms with Crippen molar-refractivity contribution >= 4 is 11.3 Å². The summed E-state index contributed by atoms with van der Waals surface area (Å²) in [6.07, 6.45) is 2.91. The molecule has 0 aromatic carbocycles. The molecule has 20 heavy (non-hydrogen) atoms. The standard InChI is InChI=1S/C16H28N2OS/c1-4-17-10-16-9-14(13(3)20-16)11-18(5-2)12-15-7-6-8-19-15/h9,15,17H,4-8,10-12H2,1-3H3. The van der Waals surface area contributed by atoms with Crippen molar-refractivity contribution in [3.63, 3.8) is 0 Å². The van der Waals surface area contributed by atoms with Crippen molar-refractivity contribution < 1.29 is 4.74 Å². The van der Waals surface area contributed by atoms with Gasteiger partial charge in [-0.25, -0.2) is 0 Å². The Morgan fingerprint density at radius 2 is 2.30 bits per heavy atom. The third kappa shape index (κ3) is 4.55. The lowest BCUT2D eigenvalue weighted by Crippen LogP contribution is -2.31. The van der Waals surface area contributed by atoms with Crippen LogP contribution in [0.3, 0.4) is 0 Å². The minimum atomic E-state index is 0.454. The van der Waals surface area contributed by atoms with E-state index in [-0.39, 0.29) is 0 Å². The van der Waals surface area contributed by atoms with Gasteiger partial charge < -0.3 is 10.1 Å². The molecule has 0 amide bonds. The Hall–Kier alpha value is -0.420. The van der Waals surface area contributed by atoms with E-state index in [4.69, 9.17) is 4.74 Å². The van der Waals surface area contributed by atoms with E-state index in [2.05, 4.69) is 37.1 Å². The van der Waals surface area contributed by atoms with Crippen molar-refractivity contribution in [3.8, 4) is 0 Å². The van der Waals surface area contributed by atoms with Gasteiger partial charge in [0.2, 0.25) is 0 Å². The highest BCUT2D eigenvalue weighted by Gasteiger charge is 2.19.